The van der Waals surface area contributed by atoms with Crippen molar-refractivity contribution in [3.05, 3.63) is 47.7 Å². The second-order valence-electron chi connectivity index (χ2n) is 4.45. The predicted molar refractivity (Wildman–Crippen MR) is 79.8 cm³/mol. The maximum atomic E-state index is 5.84. The van der Waals surface area contributed by atoms with Crippen molar-refractivity contribution in [1.82, 2.24) is 9.97 Å². The summed E-state index contributed by atoms with van der Waals surface area (Å²) in [5.74, 6) is 1.11. The lowest BCUT2D eigenvalue weighted by Crippen LogP contribution is -2.22. The molecule has 106 valence electrons. The Labute approximate surface area is 119 Å². The summed E-state index contributed by atoms with van der Waals surface area (Å²) in [6, 6.07) is 11.8. The van der Waals surface area contributed by atoms with Gasteiger partial charge in [-0.05, 0) is 19.4 Å². The molecule has 0 fully saturated rings. The lowest BCUT2D eigenvalue weighted by molar-refractivity contribution is 0.326. The summed E-state index contributed by atoms with van der Waals surface area (Å²) in [7, 11) is 0. The molecule has 3 N–H and O–H groups in total. The van der Waals surface area contributed by atoms with Crippen LogP contribution in [0.4, 0.5) is 5.95 Å². The zero-order valence-corrected chi connectivity index (χ0v) is 11.8. The van der Waals surface area contributed by atoms with Gasteiger partial charge in [-0.15, -0.1) is 0 Å². The molecule has 0 radical (unpaired) electrons. The highest BCUT2D eigenvalue weighted by Gasteiger charge is 2.11. The molecule has 1 heterocycles. The third-order valence-corrected chi connectivity index (χ3v) is 2.86. The van der Waals surface area contributed by atoms with Gasteiger partial charge in [0.25, 0.3) is 0 Å². The number of rotatable bonds is 6. The van der Waals surface area contributed by atoms with Crippen LogP contribution in [0.1, 0.15) is 24.2 Å². The lowest BCUT2D eigenvalue weighted by Gasteiger charge is -2.17. The van der Waals surface area contributed by atoms with Crippen molar-refractivity contribution in [2.45, 2.75) is 19.9 Å². The van der Waals surface area contributed by atoms with E-state index >= 15 is 0 Å². The number of hydrogen-bond donors (Lipinski definition) is 2. The van der Waals surface area contributed by atoms with E-state index < -0.39 is 0 Å². The normalized spacial score (nSPS) is 11.9. The Morgan fingerprint density at radius 1 is 1.25 bits per heavy atom. The summed E-state index contributed by atoms with van der Waals surface area (Å²) in [5, 5.41) is 3.26. The monoisotopic (exact) mass is 272 g/mol. The fourth-order valence-electron chi connectivity index (χ4n) is 1.95. The smallest absolute Gasteiger partial charge is 0.226 e. The van der Waals surface area contributed by atoms with Crippen LogP contribution in [0.25, 0.3) is 0 Å². The first-order chi connectivity index (χ1) is 9.72. The van der Waals surface area contributed by atoms with E-state index in [9.17, 15) is 0 Å². The zero-order chi connectivity index (χ0) is 14.4. The second-order valence-corrected chi connectivity index (χ2v) is 4.45. The Morgan fingerprint density at radius 3 is 2.65 bits per heavy atom. The molecule has 2 rings (SSSR count). The van der Waals surface area contributed by atoms with Crippen LogP contribution in [0.5, 0.6) is 5.88 Å². The van der Waals surface area contributed by atoms with Gasteiger partial charge in [0.2, 0.25) is 11.8 Å². The van der Waals surface area contributed by atoms with Gasteiger partial charge in [0.15, 0.2) is 0 Å². The SMILES string of the molecule is CCOc1cc(C)nc(NC(CN)c2ccccc2)n1. The maximum absolute atomic E-state index is 5.84. The number of anilines is 1. The molecule has 1 aromatic heterocycles. The van der Waals surface area contributed by atoms with Crippen LogP contribution in [-0.4, -0.2) is 23.1 Å². The fourth-order valence-corrected chi connectivity index (χ4v) is 1.95. The quantitative estimate of drug-likeness (QED) is 0.844. The molecule has 1 atom stereocenters. The third kappa shape index (κ3) is 3.68. The predicted octanol–water partition coefficient (Wildman–Crippen LogP) is 2.30. The third-order valence-electron chi connectivity index (χ3n) is 2.86. The Kier molecular flexibility index (Phi) is 4.90. The highest BCUT2D eigenvalue weighted by molar-refractivity contribution is 5.35. The van der Waals surface area contributed by atoms with E-state index in [1.165, 1.54) is 0 Å². The minimum absolute atomic E-state index is 0.0209. The van der Waals surface area contributed by atoms with Crippen molar-refractivity contribution in [2.24, 2.45) is 5.73 Å². The van der Waals surface area contributed by atoms with E-state index in [0.29, 0.717) is 25.0 Å². The summed E-state index contributed by atoms with van der Waals surface area (Å²) in [4.78, 5) is 8.71. The summed E-state index contributed by atoms with van der Waals surface area (Å²) < 4.78 is 5.43. The summed E-state index contributed by atoms with van der Waals surface area (Å²) in [6.45, 7) is 4.88. The fraction of sp³-hybridized carbons (Fsp3) is 0.333. The molecule has 1 aromatic carbocycles. The van der Waals surface area contributed by atoms with E-state index in [1.807, 2.05) is 50.2 Å². The minimum atomic E-state index is -0.0209. The highest BCUT2D eigenvalue weighted by atomic mass is 16.5. The first-order valence-corrected chi connectivity index (χ1v) is 6.73. The average Bonchev–Trinajstić information content (AvgIpc) is 2.45. The Hall–Kier alpha value is -2.14. The summed E-state index contributed by atoms with van der Waals surface area (Å²) in [5.41, 5.74) is 7.80. The van der Waals surface area contributed by atoms with Gasteiger partial charge >= 0.3 is 0 Å². The molecule has 20 heavy (non-hydrogen) atoms. The van der Waals surface area contributed by atoms with Gasteiger partial charge in [0.05, 0.1) is 12.6 Å². The van der Waals surface area contributed by atoms with Crippen LogP contribution in [-0.2, 0) is 0 Å². The number of nitrogens with zero attached hydrogens (tertiary/aromatic N) is 2. The van der Waals surface area contributed by atoms with Gasteiger partial charge in [-0.3, -0.25) is 0 Å². The molecule has 0 aliphatic carbocycles. The van der Waals surface area contributed by atoms with Crippen molar-refractivity contribution in [2.75, 3.05) is 18.5 Å². The standard InChI is InChI=1S/C15H20N4O/c1-3-20-14-9-11(2)17-15(19-14)18-13(10-16)12-7-5-4-6-8-12/h4-9,13H,3,10,16H2,1-2H3,(H,17,18,19). The van der Waals surface area contributed by atoms with Crippen LogP contribution in [0, 0.1) is 6.92 Å². The van der Waals surface area contributed by atoms with Crippen molar-refractivity contribution in [1.29, 1.82) is 0 Å². The highest BCUT2D eigenvalue weighted by Crippen LogP contribution is 2.18. The van der Waals surface area contributed by atoms with Crippen LogP contribution >= 0.6 is 0 Å². The topological polar surface area (TPSA) is 73.1 Å². The Bertz CT molecular complexity index is 545. The minimum Gasteiger partial charge on any atom is -0.478 e. The van der Waals surface area contributed by atoms with Crippen molar-refractivity contribution in [3.8, 4) is 5.88 Å². The van der Waals surface area contributed by atoms with Crippen LogP contribution in [0.3, 0.4) is 0 Å². The molecule has 0 aliphatic heterocycles. The van der Waals surface area contributed by atoms with Gasteiger partial charge in [0, 0.05) is 18.3 Å². The van der Waals surface area contributed by atoms with Crippen LogP contribution < -0.4 is 15.8 Å². The first-order valence-electron chi connectivity index (χ1n) is 6.73. The molecule has 0 saturated carbocycles. The molecular formula is C15H20N4O. The van der Waals surface area contributed by atoms with Crippen molar-refractivity contribution >= 4 is 5.95 Å². The zero-order valence-electron chi connectivity index (χ0n) is 11.8. The summed E-state index contributed by atoms with van der Waals surface area (Å²) >= 11 is 0. The van der Waals surface area contributed by atoms with E-state index in [4.69, 9.17) is 10.5 Å². The molecule has 0 aliphatic rings. The summed E-state index contributed by atoms with van der Waals surface area (Å²) in [6.07, 6.45) is 0. The van der Waals surface area contributed by atoms with Crippen molar-refractivity contribution < 1.29 is 4.74 Å². The number of aromatic nitrogens is 2. The molecule has 0 saturated heterocycles. The maximum Gasteiger partial charge on any atom is 0.226 e. The number of nitrogens with one attached hydrogen (secondary N) is 1. The van der Waals surface area contributed by atoms with E-state index in [-0.39, 0.29) is 6.04 Å². The average molecular weight is 272 g/mol. The van der Waals surface area contributed by atoms with Crippen LogP contribution in [0.15, 0.2) is 36.4 Å². The van der Waals surface area contributed by atoms with Gasteiger partial charge < -0.3 is 15.8 Å². The number of aryl methyl sites for hydroxylation is 1. The van der Waals surface area contributed by atoms with E-state index in [0.717, 1.165) is 11.3 Å². The molecule has 0 amide bonds. The number of ether oxygens (including phenoxy) is 1. The van der Waals surface area contributed by atoms with Gasteiger partial charge in [-0.1, -0.05) is 30.3 Å². The van der Waals surface area contributed by atoms with Gasteiger partial charge in [-0.2, -0.15) is 4.98 Å². The second kappa shape index (κ2) is 6.86. The first kappa shape index (κ1) is 14.3. The van der Waals surface area contributed by atoms with E-state index in [2.05, 4.69) is 15.3 Å². The largest absolute Gasteiger partial charge is 0.478 e. The van der Waals surface area contributed by atoms with Gasteiger partial charge in [-0.25, -0.2) is 4.98 Å². The lowest BCUT2D eigenvalue weighted by atomic mass is 10.1. The molecule has 5 nitrogen and oxygen atoms in total. The number of hydrogen-bond acceptors (Lipinski definition) is 5. The molecule has 0 spiro atoms. The molecule has 1 unspecified atom stereocenters. The Morgan fingerprint density at radius 2 is 2.00 bits per heavy atom. The number of benzene rings is 1. The Balaban J connectivity index is 2.19. The number of nitrogens with two attached hydrogens (primary N) is 1. The molecular weight excluding hydrogens is 252 g/mol. The molecule has 5 heteroatoms. The van der Waals surface area contributed by atoms with Crippen LogP contribution in [0.2, 0.25) is 0 Å². The van der Waals surface area contributed by atoms with Crippen molar-refractivity contribution in [3.63, 3.8) is 0 Å². The van der Waals surface area contributed by atoms with Gasteiger partial charge in [0.1, 0.15) is 0 Å². The van der Waals surface area contributed by atoms with E-state index in [1.54, 1.807) is 0 Å². The molecule has 0 bridgehead atoms. The molecule has 2 aromatic rings.